The molecule has 4 heteroatoms. The number of anilines is 1. The molecule has 134 valence electrons. The molecule has 0 amide bonds. The third-order valence-electron chi connectivity index (χ3n) is 4.68. The third-order valence-corrected chi connectivity index (χ3v) is 8.85. The van der Waals surface area contributed by atoms with Gasteiger partial charge in [0, 0.05) is 14.1 Å². The van der Waals surface area contributed by atoms with Crippen LogP contribution in [0.3, 0.4) is 0 Å². The molecule has 4 aromatic rings. The smallest absolute Gasteiger partial charge is 0.261 e. The van der Waals surface area contributed by atoms with E-state index in [1.165, 1.54) is 15.9 Å². The van der Waals surface area contributed by atoms with Crippen molar-refractivity contribution in [1.29, 1.82) is 0 Å². The van der Waals surface area contributed by atoms with Gasteiger partial charge in [0.1, 0.15) is 15.9 Å². The molecule has 0 radical (unpaired) electrons. The zero-order valence-corrected chi connectivity index (χ0v) is 16.4. The molecular weight excluding hydrogens is 351 g/mol. The van der Waals surface area contributed by atoms with E-state index >= 15 is 0 Å². The normalized spacial score (nSPS) is 11.3. The van der Waals surface area contributed by atoms with E-state index < -0.39 is 7.26 Å². The molecule has 1 heterocycles. The van der Waals surface area contributed by atoms with Crippen LogP contribution in [0.15, 0.2) is 102 Å². The van der Waals surface area contributed by atoms with Gasteiger partial charge < -0.3 is 9.32 Å². The summed E-state index contributed by atoms with van der Waals surface area (Å²) >= 11 is 0. The van der Waals surface area contributed by atoms with Gasteiger partial charge in [-0.1, -0.05) is 54.6 Å². The van der Waals surface area contributed by atoms with E-state index in [9.17, 15) is 0 Å². The summed E-state index contributed by atoms with van der Waals surface area (Å²) in [5.41, 5.74) is 0.996. The number of rotatable bonds is 5. The van der Waals surface area contributed by atoms with Crippen LogP contribution in [0.25, 0.3) is 0 Å². The van der Waals surface area contributed by atoms with Gasteiger partial charge in [-0.15, -0.1) is 0 Å². The first-order valence-corrected chi connectivity index (χ1v) is 10.7. The largest absolute Gasteiger partial charge is 0.424 e. The van der Waals surface area contributed by atoms with Crippen LogP contribution in [0.5, 0.6) is 0 Å². The molecule has 27 heavy (non-hydrogen) atoms. The Kier molecular flexibility index (Phi) is 4.79. The minimum atomic E-state index is -2.20. The zero-order chi connectivity index (χ0) is 18.7. The molecule has 0 N–H and O–H groups in total. The van der Waals surface area contributed by atoms with Gasteiger partial charge in [0.2, 0.25) is 0 Å². The lowest BCUT2D eigenvalue weighted by atomic mass is 10.4. The molecule has 0 unspecified atom stereocenters. The van der Waals surface area contributed by atoms with Gasteiger partial charge in [-0.05, 0) is 36.4 Å². The van der Waals surface area contributed by atoms with E-state index in [0.717, 1.165) is 11.3 Å². The Morgan fingerprint density at radius 3 is 1.44 bits per heavy atom. The molecule has 0 aliphatic carbocycles. The summed E-state index contributed by atoms with van der Waals surface area (Å²) < 4.78 is 5.84. The number of aromatic nitrogens is 1. The average molecular weight is 373 g/mol. The fourth-order valence-electron chi connectivity index (χ4n) is 3.54. The lowest BCUT2D eigenvalue weighted by molar-refractivity contribution is 0.557. The first kappa shape index (κ1) is 17.5. The van der Waals surface area contributed by atoms with E-state index in [2.05, 4.69) is 91.0 Å². The summed E-state index contributed by atoms with van der Waals surface area (Å²) in [6.45, 7) is 0. The van der Waals surface area contributed by atoms with Gasteiger partial charge in [0.25, 0.3) is 11.3 Å². The highest BCUT2D eigenvalue weighted by Gasteiger charge is 2.52. The molecule has 3 nitrogen and oxygen atoms in total. The quantitative estimate of drug-likeness (QED) is 0.503. The molecule has 0 spiro atoms. The van der Waals surface area contributed by atoms with Gasteiger partial charge in [0.15, 0.2) is 13.7 Å². The summed E-state index contributed by atoms with van der Waals surface area (Å²) in [6.07, 6.45) is 1.56. The predicted octanol–water partition coefficient (Wildman–Crippen LogP) is 3.36. The summed E-state index contributed by atoms with van der Waals surface area (Å²) in [7, 11) is 1.80. The first-order valence-electron chi connectivity index (χ1n) is 8.92. The van der Waals surface area contributed by atoms with E-state index in [1.807, 2.05) is 19.0 Å². The van der Waals surface area contributed by atoms with E-state index in [1.54, 1.807) is 6.39 Å². The van der Waals surface area contributed by atoms with Crippen molar-refractivity contribution in [3.05, 3.63) is 97.4 Å². The van der Waals surface area contributed by atoms with Crippen molar-refractivity contribution in [2.45, 2.75) is 0 Å². The summed E-state index contributed by atoms with van der Waals surface area (Å²) in [5.74, 6) is 0.805. The van der Waals surface area contributed by atoms with Gasteiger partial charge >= 0.3 is 0 Å². The highest BCUT2D eigenvalue weighted by atomic mass is 31.2. The Bertz CT molecular complexity index is 902. The number of hydrogen-bond acceptors (Lipinski definition) is 3. The summed E-state index contributed by atoms with van der Waals surface area (Å²) in [6, 6.07) is 32.1. The predicted molar refractivity (Wildman–Crippen MR) is 116 cm³/mol. The number of benzene rings is 3. The molecule has 0 fully saturated rings. The lowest BCUT2D eigenvalue weighted by Crippen LogP contribution is -2.40. The molecule has 0 saturated carbocycles. The monoisotopic (exact) mass is 373 g/mol. The van der Waals surface area contributed by atoms with E-state index in [4.69, 9.17) is 9.40 Å². The van der Waals surface area contributed by atoms with Gasteiger partial charge in [-0.25, -0.2) is 0 Å². The van der Waals surface area contributed by atoms with Gasteiger partial charge in [0.05, 0.1) is 0 Å². The summed E-state index contributed by atoms with van der Waals surface area (Å²) in [5, 5.41) is 3.79. The molecule has 0 aliphatic rings. The second-order valence-corrected chi connectivity index (χ2v) is 9.87. The van der Waals surface area contributed by atoms with Crippen molar-refractivity contribution >= 4 is 34.5 Å². The first-order chi connectivity index (χ1) is 13.2. The van der Waals surface area contributed by atoms with Crippen LogP contribution in [0, 0.1) is 0 Å². The van der Waals surface area contributed by atoms with Crippen LogP contribution in [0.4, 0.5) is 5.88 Å². The second kappa shape index (κ2) is 7.38. The molecule has 4 rings (SSSR count). The molecule has 1 aromatic heterocycles. The zero-order valence-electron chi connectivity index (χ0n) is 15.5. The van der Waals surface area contributed by atoms with Gasteiger partial charge in [-0.3, -0.25) is 0 Å². The van der Waals surface area contributed by atoms with Crippen LogP contribution >= 0.6 is 7.26 Å². The van der Waals surface area contributed by atoms with Crippen LogP contribution in [0.2, 0.25) is 0 Å². The third kappa shape index (κ3) is 2.94. The number of hydrogen-bond donors (Lipinski definition) is 0. The Morgan fingerprint density at radius 2 is 1.07 bits per heavy atom. The Balaban J connectivity index is 2.15. The molecule has 0 atom stereocenters. The Hall–Kier alpha value is -2.90. The molecule has 0 aliphatic heterocycles. The van der Waals surface area contributed by atoms with Gasteiger partial charge in [-0.2, -0.15) is 4.98 Å². The maximum atomic E-state index is 5.84. The number of oxazole rings is 1. The second-order valence-electron chi connectivity index (χ2n) is 6.55. The highest BCUT2D eigenvalue weighted by molar-refractivity contribution is 8.01. The molecular formula is C23H22N2OP+. The maximum absolute atomic E-state index is 5.84. The lowest BCUT2D eigenvalue weighted by Gasteiger charge is -2.26. The maximum Gasteiger partial charge on any atom is 0.261 e. The minimum Gasteiger partial charge on any atom is -0.424 e. The number of nitrogens with zero attached hydrogens (tertiary/aromatic N) is 2. The standard InChI is InChI=1S/C23H22N2OP/c1-25(2)23-22(24-18-26-23)27(19-12-6-3-7-13-19,20-14-8-4-9-15-20)21-16-10-5-11-17-21/h3-18H,1-2H3/q+1. The van der Waals surface area contributed by atoms with Crippen molar-refractivity contribution in [3.63, 3.8) is 0 Å². The van der Waals surface area contributed by atoms with E-state index in [-0.39, 0.29) is 0 Å². The van der Waals surface area contributed by atoms with E-state index in [0.29, 0.717) is 0 Å². The van der Waals surface area contributed by atoms with Crippen LogP contribution < -0.4 is 26.2 Å². The van der Waals surface area contributed by atoms with Crippen molar-refractivity contribution in [2.75, 3.05) is 19.0 Å². The molecule has 3 aromatic carbocycles. The fraction of sp³-hybridized carbons (Fsp3) is 0.0870. The highest BCUT2D eigenvalue weighted by Crippen LogP contribution is 2.55. The van der Waals surface area contributed by atoms with Crippen LogP contribution in [-0.4, -0.2) is 19.1 Å². The average Bonchev–Trinajstić information content (AvgIpc) is 3.22. The Morgan fingerprint density at radius 1 is 0.667 bits per heavy atom. The van der Waals surface area contributed by atoms with Crippen molar-refractivity contribution < 1.29 is 4.42 Å². The minimum absolute atomic E-state index is 0.805. The fourth-order valence-corrected chi connectivity index (χ4v) is 7.78. The SMILES string of the molecule is CN(C)c1ocnc1[P+](c1ccccc1)(c1ccccc1)c1ccccc1. The van der Waals surface area contributed by atoms with Crippen LogP contribution in [-0.2, 0) is 0 Å². The topological polar surface area (TPSA) is 29.3 Å². The Labute approximate surface area is 160 Å². The summed E-state index contributed by atoms with van der Waals surface area (Å²) in [4.78, 5) is 6.79. The van der Waals surface area contributed by atoms with Crippen molar-refractivity contribution in [3.8, 4) is 0 Å². The van der Waals surface area contributed by atoms with Crippen molar-refractivity contribution in [1.82, 2.24) is 4.98 Å². The van der Waals surface area contributed by atoms with Crippen LogP contribution in [0.1, 0.15) is 0 Å². The van der Waals surface area contributed by atoms with Crippen molar-refractivity contribution in [2.24, 2.45) is 0 Å². The molecule has 0 saturated heterocycles. The molecule has 0 bridgehead atoms.